The minimum atomic E-state index is -4.81. The van der Waals surface area contributed by atoms with Crippen LogP contribution in [0.25, 0.3) is 22.2 Å². The molecule has 13 heteroatoms. The Morgan fingerprint density at radius 3 is 2.71 bits per heavy atom. The highest BCUT2D eigenvalue weighted by molar-refractivity contribution is 6.02. The monoisotopic (exact) mass is 569 g/mol. The van der Waals surface area contributed by atoms with Crippen molar-refractivity contribution in [1.29, 1.82) is 0 Å². The Kier molecular flexibility index (Phi) is 7.79. The van der Waals surface area contributed by atoms with E-state index in [0.29, 0.717) is 41.9 Å². The number of nitrogens with two attached hydrogens (primary N) is 1. The number of halogens is 3. The van der Waals surface area contributed by atoms with E-state index in [-0.39, 0.29) is 37.7 Å². The first kappa shape index (κ1) is 27.9. The number of aromatic nitrogens is 3. The summed E-state index contributed by atoms with van der Waals surface area (Å²) in [6.07, 6.45) is -1.10. The van der Waals surface area contributed by atoms with E-state index in [9.17, 15) is 22.8 Å². The van der Waals surface area contributed by atoms with Gasteiger partial charge in [0.15, 0.2) is 0 Å². The molecule has 0 fully saturated rings. The van der Waals surface area contributed by atoms with Crippen LogP contribution in [0, 0.1) is 0 Å². The largest absolute Gasteiger partial charge is 0.573 e. The first-order chi connectivity index (χ1) is 19.6. The van der Waals surface area contributed by atoms with Crippen LogP contribution in [0.3, 0.4) is 0 Å². The van der Waals surface area contributed by atoms with Gasteiger partial charge in [0.1, 0.15) is 23.5 Å². The van der Waals surface area contributed by atoms with Gasteiger partial charge in [0.25, 0.3) is 0 Å². The van der Waals surface area contributed by atoms with Gasteiger partial charge in [-0.3, -0.25) is 9.59 Å². The van der Waals surface area contributed by atoms with E-state index in [1.807, 2.05) is 29.0 Å². The third-order valence-corrected chi connectivity index (χ3v) is 6.69. The summed E-state index contributed by atoms with van der Waals surface area (Å²) in [6, 6.07) is 11.1. The molecule has 0 saturated carbocycles. The Morgan fingerprint density at radius 2 is 1.93 bits per heavy atom. The maximum absolute atomic E-state index is 13.1. The van der Waals surface area contributed by atoms with Crippen LogP contribution in [0.15, 0.2) is 55.0 Å². The van der Waals surface area contributed by atoms with Gasteiger partial charge in [-0.25, -0.2) is 9.97 Å². The predicted molar refractivity (Wildman–Crippen MR) is 143 cm³/mol. The van der Waals surface area contributed by atoms with Gasteiger partial charge >= 0.3 is 12.3 Å². The van der Waals surface area contributed by atoms with E-state index < -0.39 is 12.3 Å². The second kappa shape index (κ2) is 11.5. The van der Waals surface area contributed by atoms with Crippen molar-refractivity contribution in [2.24, 2.45) is 0 Å². The van der Waals surface area contributed by atoms with Crippen LogP contribution in [0.1, 0.15) is 17.5 Å². The maximum atomic E-state index is 13.1. The number of carbonyl (C=O) groups is 2. The lowest BCUT2D eigenvalue weighted by molar-refractivity contribution is -0.274. The molecule has 0 radical (unpaired) electrons. The Bertz CT molecular complexity index is 1600. The molecule has 0 unspecified atom stereocenters. The van der Waals surface area contributed by atoms with Crippen molar-refractivity contribution in [2.75, 3.05) is 30.4 Å². The summed E-state index contributed by atoms with van der Waals surface area (Å²) in [6.45, 7) is 1.25. The van der Waals surface area contributed by atoms with Gasteiger partial charge in [-0.1, -0.05) is 18.2 Å². The highest BCUT2D eigenvalue weighted by atomic mass is 19.4. The fraction of sp³-hybridized carbons (Fsp3) is 0.286. The van der Waals surface area contributed by atoms with Gasteiger partial charge in [-0.2, -0.15) is 0 Å². The molecule has 2 aromatic heterocycles. The highest BCUT2D eigenvalue weighted by Gasteiger charge is 2.31. The van der Waals surface area contributed by atoms with Crippen LogP contribution < -0.4 is 15.4 Å². The fourth-order valence-electron chi connectivity index (χ4n) is 4.91. The number of anilines is 2. The molecule has 3 heterocycles. The lowest BCUT2D eigenvalue weighted by Crippen LogP contribution is -2.30. The topological polar surface area (TPSA) is 133 Å². The van der Waals surface area contributed by atoms with Crippen LogP contribution in [0.4, 0.5) is 24.7 Å². The van der Waals surface area contributed by atoms with Gasteiger partial charge < -0.3 is 29.8 Å². The number of carboxylic acids is 1. The highest BCUT2D eigenvalue weighted by Crippen LogP contribution is 2.37. The van der Waals surface area contributed by atoms with Crippen LogP contribution in [0.5, 0.6) is 5.75 Å². The summed E-state index contributed by atoms with van der Waals surface area (Å²) in [5, 5.41) is 9.45. The van der Waals surface area contributed by atoms with Gasteiger partial charge in [0.2, 0.25) is 5.91 Å². The normalized spacial score (nSPS) is 13.0. The average Bonchev–Trinajstić information content (AvgIpc) is 3.50. The van der Waals surface area contributed by atoms with Gasteiger partial charge in [-0.15, -0.1) is 13.2 Å². The number of fused-ring (bicyclic) bond motifs is 2. The molecular formula is C28H26F3N5O5. The van der Waals surface area contributed by atoms with Crippen molar-refractivity contribution in [1.82, 2.24) is 14.5 Å². The summed E-state index contributed by atoms with van der Waals surface area (Å²) >= 11 is 0. The van der Waals surface area contributed by atoms with Crippen molar-refractivity contribution >= 4 is 34.4 Å². The third kappa shape index (κ3) is 6.40. The van der Waals surface area contributed by atoms with E-state index in [0.717, 1.165) is 22.4 Å². The van der Waals surface area contributed by atoms with Crippen LogP contribution >= 0.6 is 0 Å². The van der Waals surface area contributed by atoms with Gasteiger partial charge in [0.05, 0.1) is 31.4 Å². The quantitative estimate of drug-likeness (QED) is 0.272. The summed E-state index contributed by atoms with van der Waals surface area (Å²) in [5.74, 6) is -1.23. The second-order valence-corrected chi connectivity index (χ2v) is 9.46. The predicted octanol–water partition coefficient (Wildman–Crippen LogP) is 4.20. The van der Waals surface area contributed by atoms with Crippen molar-refractivity contribution in [2.45, 2.75) is 32.2 Å². The molecule has 0 atom stereocenters. The number of carbonyl (C=O) groups excluding carboxylic acids is 1. The number of ether oxygens (including phenoxy) is 2. The maximum Gasteiger partial charge on any atom is 0.573 e. The zero-order chi connectivity index (χ0) is 29.1. The lowest BCUT2D eigenvalue weighted by atomic mass is 10.0. The molecule has 1 aliphatic rings. The molecular weight excluding hydrogens is 543 g/mol. The average molecular weight is 570 g/mol. The van der Waals surface area contributed by atoms with E-state index in [1.165, 1.54) is 24.5 Å². The number of amides is 1. The fourth-order valence-corrected chi connectivity index (χ4v) is 4.91. The van der Waals surface area contributed by atoms with Crippen molar-refractivity contribution in [3.8, 4) is 16.9 Å². The first-order valence-electron chi connectivity index (χ1n) is 12.8. The van der Waals surface area contributed by atoms with E-state index in [2.05, 4.69) is 14.7 Å². The Hall–Kier alpha value is -4.65. The molecule has 0 aliphatic carbocycles. The first-order valence-corrected chi connectivity index (χ1v) is 12.8. The number of nitrogens with zero attached hydrogens (tertiary/aromatic N) is 4. The number of rotatable bonds is 10. The summed E-state index contributed by atoms with van der Waals surface area (Å²) in [5.41, 5.74) is 10.6. The number of hydrogen-bond donors (Lipinski definition) is 2. The summed E-state index contributed by atoms with van der Waals surface area (Å²) in [4.78, 5) is 34.0. The van der Waals surface area contributed by atoms with Crippen molar-refractivity contribution < 1.29 is 37.3 Å². The molecule has 1 amide bonds. The third-order valence-electron chi connectivity index (χ3n) is 6.69. The molecule has 1 aliphatic heterocycles. The smallest absolute Gasteiger partial charge is 0.481 e. The molecule has 0 spiro atoms. The van der Waals surface area contributed by atoms with Crippen LogP contribution in [0.2, 0.25) is 0 Å². The molecule has 41 heavy (non-hydrogen) atoms. The minimum Gasteiger partial charge on any atom is -0.481 e. The second-order valence-electron chi connectivity index (χ2n) is 9.46. The molecule has 5 rings (SSSR count). The number of nitrogen functional groups attached to an aromatic ring is 1. The number of carboxylic acid groups (broad SMARTS) is 1. The summed E-state index contributed by atoms with van der Waals surface area (Å²) < 4.78 is 49.0. The zero-order valence-electron chi connectivity index (χ0n) is 21.7. The number of benzene rings is 2. The molecule has 214 valence electrons. The molecule has 4 aromatic rings. The van der Waals surface area contributed by atoms with E-state index in [1.54, 1.807) is 11.0 Å². The van der Waals surface area contributed by atoms with E-state index in [4.69, 9.17) is 15.6 Å². The molecule has 2 aromatic carbocycles. The minimum absolute atomic E-state index is 0.0772. The molecule has 3 N–H and O–H groups in total. The van der Waals surface area contributed by atoms with Crippen molar-refractivity contribution in [3.63, 3.8) is 0 Å². The Balaban J connectivity index is 1.34. The Labute approximate surface area is 232 Å². The molecule has 0 bridgehead atoms. The standard InChI is InChI=1S/C28H26F3N5O5/c29-28(30,31)41-20-3-1-2-17(12-20)13-23(37)36-8-6-19-14-18(4-5-22(19)36)21-15-35(9-11-40-10-7-24(38)39)27-25(21)26(32)33-16-34-27/h1-5,12,14-16H,6-11,13H2,(H,38,39)(H2,32,33,34). The zero-order valence-corrected chi connectivity index (χ0v) is 21.7. The van der Waals surface area contributed by atoms with E-state index >= 15 is 0 Å². The van der Waals surface area contributed by atoms with Gasteiger partial charge in [0, 0.05) is 30.5 Å². The van der Waals surface area contributed by atoms with Crippen molar-refractivity contribution in [3.05, 3.63) is 66.1 Å². The SMILES string of the molecule is Nc1ncnc2c1c(-c1ccc3c(c1)CCN3C(=O)Cc1cccc(OC(F)(F)F)c1)cn2CCOCCC(=O)O. The molecule has 0 saturated heterocycles. The summed E-state index contributed by atoms with van der Waals surface area (Å²) in [7, 11) is 0. The number of aliphatic carboxylic acids is 1. The van der Waals surface area contributed by atoms with Crippen LogP contribution in [-0.2, 0) is 33.7 Å². The number of alkyl halides is 3. The van der Waals surface area contributed by atoms with Gasteiger partial charge in [-0.05, 0) is 47.4 Å². The molecule has 10 nitrogen and oxygen atoms in total. The van der Waals surface area contributed by atoms with Crippen LogP contribution in [-0.4, -0.2) is 57.6 Å². The Morgan fingerprint density at radius 1 is 1.10 bits per heavy atom. The lowest BCUT2D eigenvalue weighted by Gasteiger charge is -2.18. The number of hydrogen-bond acceptors (Lipinski definition) is 7.